The van der Waals surface area contributed by atoms with Gasteiger partial charge < -0.3 is 10.1 Å². The van der Waals surface area contributed by atoms with E-state index in [1.54, 1.807) is 12.1 Å². The summed E-state index contributed by atoms with van der Waals surface area (Å²) in [5.74, 6) is 0.851. The van der Waals surface area contributed by atoms with Crippen LogP contribution < -0.4 is 10.1 Å². The number of halogens is 1. The highest BCUT2D eigenvalue weighted by Crippen LogP contribution is 2.29. The van der Waals surface area contributed by atoms with E-state index in [0.29, 0.717) is 5.75 Å². The monoisotopic (exact) mass is 223 g/mol. The van der Waals surface area contributed by atoms with Crippen LogP contribution in [0.3, 0.4) is 0 Å². The molecule has 1 aliphatic rings. The van der Waals surface area contributed by atoms with E-state index in [1.807, 2.05) is 6.07 Å². The van der Waals surface area contributed by atoms with Crippen molar-refractivity contribution >= 4 is 0 Å². The number of benzene rings is 1. The van der Waals surface area contributed by atoms with Gasteiger partial charge in [-0.2, -0.15) is 0 Å². The van der Waals surface area contributed by atoms with Gasteiger partial charge in [-0.15, -0.1) is 0 Å². The maximum atomic E-state index is 13.5. The largest absolute Gasteiger partial charge is 0.494 e. The van der Waals surface area contributed by atoms with Crippen molar-refractivity contribution < 1.29 is 9.13 Å². The summed E-state index contributed by atoms with van der Waals surface area (Å²) in [4.78, 5) is 0. The molecule has 1 fully saturated rings. The average molecular weight is 223 g/mol. The lowest BCUT2D eigenvalue weighted by molar-refractivity contribution is 0.385. The van der Waals surface area contributed by atoms with Crippen molar-refractivity contribution in [1.29, 1.82) is 0 Å². The van der Waals surface area contributed by atoms with Crippen LogP contribution >= 0.6 is 0 Å². The molecule has 16 heavy (non-hydrogen) atoms. The maximum absolute atomic E-state index is 13.5. The first-order valence-corrected chi connectivity index (χ1v) is 5.77. The van der Waals surface area contributed by atoms with Gasteiger partial charge in [-0.25, -0.2) is 4.39 Å². The molecule has 0 aliphatic heterocycles. The Morgan fingerprint density at radius 2 is 2.25 bits per heavy atom. The van der Waals surface area contributed by atoms with E-state index in [4.69, 9.17) is 4.74 Å². The van der Waals surface area contributed by atoms with Crippen LogP contribution in [0.4, 0.5) is 4.39 Å². The Hall–Kier alpha value is -1.09. The van der Waals surface area contributed by atoms with Crippen LogP contribution in [0.2, 0.25) is 0 Å². The molecule has 0 amide bonds. The molecule has 3 heteroatoms. The van der Waals surface area contributed by atoms with Crippen molar-refractivity contribution in [2.45, 2.75) is 25.8 Å². The molecule has 1 saturated carbocycles. The van der Waals surface area contributed by atoms with Gasteiger partial charge >= 0.3 is 0 Å². The molecule has 0 spiro atoms. The zero-order valence-electron chi connectivity index (χ0n) is 9.79. The number of nitrogens with one attached hydrogen (secondary N) is 1. The standard InChI is InChI=1S/C13H18FNO/c1-9(15-8-10-3-4-10)11-5-6-13(16-2)12(14)7-11/h5-7,9-10,15H,3-4,8H2,1-2H3. The normalized spacial score (nSPS) is 17.2. The molecule has 1 atom stereocenters. The van der Waals surface area contributed by atoms with Crippen molar-refractivity contribution in [3.63, 3.8) is 0 Å². The van der Waals surface area contributed by atoms with Crippen molar-refractivity contribution in [1.82, 2.24) is 5.32 Å². The van der Waals surface area contributed by atoms with Crippen molar-refractivity contribution in [2.75, 3.05) is 13.7 Å². The molecule has 1 aliphatic carbocycles. The Balaban J connectivity index is 1.98. The highest BCUT2D eigenvalue weighted by atomic mass is 19.1. The van der Waals surface area contributed by atoms with Crippen molar-refractivity contribution in [2.24, 2.45) is 5.92 Å². The Morgan fingerprint density at radius 3 is 2.81 bits per heavy atom. The molecule has 0 radical (unpaired) electrons. The second-order valence-corrected chi connectivity index (χ2v) is 4.47. The fraction of sp³-hybridized carbons (Fsp3) is 0.538. The minimum atomic E-state index is -0.292. The average Bonchev–Trinajstić information content (AvgIpc) is 3.09. The van der Waals surface area contributed by atoms with E-state index >= 15 is 0 Å². The number of methoxy groups -OCH3 is 1. The lowest BCUT2D eigenvalue weighted by Gasteiger charge is -2.14. The third-order valence-corrected chi connectivity index (χ3v) is 3.09. The van der Waals surface area contributed by atoms with Gasteiger partial charge in [0.1, 0.15) is 0 Å². The smallest absolute Gasteiger partial charge is 0.165 e. The van der Waals surface area contributed by atoms with Crippen LogP contribution in [0.5, 0.6) is 5.75 Å². The quantitative estimate of drug-likeness (QED) is 0.828. The molecule has 1 aromatic carbocycles. The Labute approximate surface area is 95.8 Å². The van der Waals surface area contributed by atoms with E-state index in [2.05, 4.69) is 12.2 Å². The predicted octanol–water partition coefficient (Wildman–Crippen LogP) is 2.89. The molecule has 0 bridgehead atoms. The molecule has 1 aromatic rings. The van der Waals surface area contributed by atoms with Crippen LogP contribution in [0, 0.1) is 11.7 Å². The summed E-state index contributed by atoms with van der Waals surface area (Å²) in [5.41, 5.74) is 0.971. The van der Waals surface area contributed by atoms with Gasteiger partial charge in [0.15, 0.2) is 11.6 Å². The molecular formula is C13H18FNO. The Bertz CT molecular complexity index is 363. The first kappa shape index (κ1) is 11.4. The van der Waals surface area contributed by atoms with Crippen LogP contribution in [-0.4, -0.2) is 13.7 Å². The molecule has 1 N–H and O–H groups in total. The third kappa shape index (κ3) is 2.73. The minimum Gasteiger partial charge on any atom is -0.494 e. The fourth-order valence-corrected chi connectivity index (χ4v) is 1.74. The predicted molar refractivity (Wildman–Crippen MR) is 62.1 cm³/mol. The highest BCUT2D eigenvalue weighted by Gasteiger charge is 2.21. The van der Waals surface area contributed by atoms with Gasteiger partial charge in [0.2, 0.25) is 0 Å². The minimum absolute atomic E-state index is 0.195. The Kier molecular flexibility index (Phi) is 3.44. The third-order valence-electron chi connectivity index (χ3n) is 3.09. The molecule has 0 heterocycles. The highest BCUT2D eigenvalue weighted by molar-refractivity contribution is 5.30. The summed E-state index contributed by atoms with van der Waals surface area (Å²) >= 11 is 0. The molecule has 2 rings (SSSR count). The number of ether oxygens (including phenoxy) is 1. The summed E-state index contributed by atoms with van der Waals surface area (Å²) in [6, 6.07) is 5.33. The van der Waals surface area contributed by atoms with E-state index in [1.165, 1.54) is 20.0 Å². The summed E-state index contributed by atoms with van der Waals surface area (Å²) in [6.07, 6.45) is 2.66. The van der Waals surface area contributed by atoms with Crippen LogP contribution in [0.1, 0.15) is 31.4 Å². The topological polar surface area (TPSA) is 21.3 Å². The van der Waals surface area contributed by atoms with Gasteiger partial charge in [0, 0.05) is 6.04 Å². The second kappa shape index (κ2) is 4.83. The molecule has 88 valence electrons. The van der Waals surface area contributed by atoms with E-state index < -0.39 is 0 Å². The van der Waals surface area contributed by atoms with Gasteiger partial charge in [-0.3, -0.25) is 0 Å². The fourth-order valence-electron chi connectivity index (χ4n) is 1.74. The van der Waals surface area contributed by atoms with E-state index in [-0.39, 0.29) is 11.9 Å². The molecule has 0 aromatic heterocycles. The number of hydrogen-bond donors (Lipinski definition) is 1. The Morgan fingerprint density at radius 1 is 1.50 bits per heavy atom. The number of rotatable bonds is 5. The summed E-state index contributed by atoms with van der Waals surface area (Å²) in [6.45, 7) is 3.10. The first-order valence-electron chi connectivity index (χ1n) is 5.77. The molecular weight excluding hydrogens is 205 g/mol. The van der Waals surface area contributed by atoms with Crippen LogP contribution in [0.15, 0.2) is 18.2 Å². The van der Waals surface area contributed by atoms with Crippen LogP contribution in [-0.2, 0) is 0 Å². The maximum Gasteiger partial charge on any atom is 0.165 e. The summed E-state index contributed by atoms with van der Waals surface area (Å²) in [5, 5.41) is 3.42. The van der Waals surface area contributed by atoms with Gasteiger partial charge in [0.25, 0.3) is 0 Å². The van der Waals surface area contributed by atoms with Crippen LogP contribution in [0.25, 0.3) is 0 Å². The van der Waals surface area contributed by atoms with Gasteiger partial charge in [-0.05, 0) is 49.9 Å². The van der Waals surface area contributed by atoms with E-state index in [9.17, 15) is 4.39 Å². The molecule has 0 saturated heterocycles. The van der Waals surface area contributed by atoms with Gasteiger partial charge in [-0.1, -0.05) is 6.07 Å². The molecule has 2 nitrogen and oxygen atoms in total. The lowest BCUT2D eigenvalue weighted by Crippen LogP contribution is -2.21. The zero-order chi connectivity index (χ0) is 11.5. The van der Waals surface area contributed by atoms with E-state index in [0.717, 1.165) is 18.0 Å². The zero-order valence-corrected chi connectivity index (χ0v) is 9.79. The van der Waals surface area contributed by atoms with Crippen molar-refractivity contribution in [3.8, 4) is 5.75 Å². The number of hydrogen-bond acceptors (Lipinski definition) is 2. The second-order valence-electron chi connectivity index (χ2n) is 4.47. The summed E-state index contributed by atoms with van der Waals surface area (Å²) in [7, 11) is 1.48. The van der Waals surface area contributed by atoms with Crippen molar-refractivity contribution in [3.05, 3.63) is 29.6 Å². The SMILES string of the molecule is COc1ccc(C(C)NCC2CC2)cc1F. The summed E-state index contributed by atoms with van der Waals surface area (Å²) < 4.78 is 18.4. The van der Waals surface area contributed by atoms with Gasteiger partial charge in [0.05, 0.1) is 7.11 Å². The molecule has 1 unspecified atom stereocenters. The first-order chi connectivity index (χ1) is 7.70. The lowest BCUT2D eigenvalue weighted by atomic mass is 10.1.